The van der Waals surface area contributed by atoms with Crippen molar-refractivity contribution >= 4 is 39.3 Å². The number of benzene rings is 2. The number of carbonyl (C=O) groups excluding carboxylic acids is 1. The Morgan fingerprint density at radius 3 is 2.56 bits per heavy atom. The van der Waals surface area contributed by atoms with E-state index >= 15 is 0 Å². The first-order valence-electron chi connectivity index (χ1n) is 7.24. The molecular formula is C17H15FN4OS2. The third-order valence-electron chi connectivity index (χ3n) is 3.45. The van der Waals surface area contributed by atoms with Gasteiger partial charge in [-0.1, -0.05) is 18.2 Å². The van der Waals surface area contributed by atoms with Gasteiger partial charge in [0, 0.05) is 0 Å². The van der Waals surface area contributed by atoms with Crippen molar-refractivity contribution in [1.82, 2.24) is 4.98 Å². The number of nitrogens with one attached hydrogen (secondary N) is 2. The quantitative estimate of drug-likeness (QED) is 0.599. The lowest BCUT2D eigenvalue weighted by molar-refractivity contribution is 0.103. The summed E-state index contributed by atoms with van der Waals surface area (Å²) >= 11 is 1.20. The number of amides is 1. The van der Waals surface area contributed by atoms with Crippen molar-refractivity contribution in [3.05, 3.63) is 59.4 Å². The van der Waals surface area contributed by atoms with Gasteiger partial charge in [-0.2, -0.15) is 0 Å². The SMILES string of the molecule is CS(=N)c1ncc(C(=O)Nc2cc(-c3ccc(F)cc3)ccc2N)s1. The van der Waals surface area contributed by atoms with Gasteiger partial charge in [-0.25, -0.2) is 9.37 Å². The molecule has 0 aliphatic carbocycles. The van der Waals surface area contributed by atoms with Gasteiger partial charge in [0.1, 0.15) is 10.7 Å². The fourth-order valence-electron chi connectivity index (χ4n) is 2.17. The number of hydrogen-bond donors (Lipinski definition) is 3. The lowest BCUT2D eigenvalue weighted by Gasteiger charge is -2.10. The van der Waals surface area contributed by atoms with Crippen LogP contribution >= 0.6 is 11.3 Å². The minimum atomic E-state index is -0.734. The van der Waals surface area contributed by atoms with Crippen LogP contribution in [0.4, 0.5) is 15.8 Å². The number of halogens is 1. The van der Waals surface area contributed by atoms with Gasteiger partial charge in [0.25, 0.3) is 5.91 Å². The molecule has 5 nitrogen and oxygen atoms in total. The molecule has 0 saturated carbocycles. The van der Waals surface area contributed by atoms with Gasteiger partial charge in [0.15, 0.2) is 4.34 Å². The van der Waals surface area contributed by atoms with Crippen LogP contribution in [0.2, 0.25) is 0 Å². The highest BCUT2D eigenvalue weighted by molar-refractivity contribution is 7.87. The van der Waals surface area contributed by atoms with Gasteiger partial charge in [0.05, 0.1) is 17.6 Å². The van der Waals surface area contributed by atoms with Crippen molar-refractivity contribution < 1.29 is 9.18 Å². The number of nitrogens with zero attached hydrogens (tertiary/aromatic N) is 1. The Morgan fingerprint density at radius 1 is 1.24 bits per heavy atom. The average Bonchev–Trinajstić information content (AvgIpc) is 3.08. The van der Waals surface area contributed by atoms with Crippen LogP contribution in [0.15, 0.2) is 53.0 Å². The first-order valence-corrected chi connectivity index (χ1v) is 9.69. The molecule has 0 bridgehead atoms. The monoisotopic (exact) mass is 374 g/mol. The molecule has 4 N–H and O–H groups in total. The van der Waals surface area contributed by atoms with E-state index in [1.807, 2.05) is 6.07 Å². The van der Waals surface area contributed by atoms with Crippen molar-refractivity contribution in [2.75, 3.05) is 17.3 Å². The second kappa shape index (κ2) is 7.12. The standard InChI is InChI=1S/C17H15FN4OS2/c1-25(20)17-21-9-15(24-17)16(23)22-14-8-11(4-7-13(14)19)10-2-5-12(18)6-3-10/h2-9,20H,19H2,1H3,(H,22,23). The molecule has 0 aliphatic heterocycles. The minimum absolute atomic E-state index is 0.307. The van der Waals surface area contributed by atoms with Crippen LogP contribution in [-0.4, -0.2) is 17.1 Å². The number of anilines is 2. The number of carbonyl (C=O) groups is 1. The van der Waals surface area contributed by atoms with E-state index in [1.54, 1.807) is 30.5 Å². The Balaban J connectivity index is 1.86. The minimum Gasteiger partial charge on any atom is -0.397 e. The van der Waals surface area contributed by atoms with Gasteiger partial charge in [-0.05, 0) is 52.3 Å². The first-order chi connectivity index (χ1) is 11.9. The molecule has 0 saturated heterocycles. The molecule has 1 amide bonds. The summed E-state index contributed by atoms with van der Waals surface area (Å²) in [6.45, 7) is 0. The number of nitrogen functional groups attached to an aromatic ring is 1. The highest BCUT2D eigenvalue weighted by Crippen LogP contribution is 2.28. The van der Waals surface area contributed by atoms with E-state index in [0.29, 0.717) is 20.6 Å². The first kappa shape index (κ1) is 17.2. The largest absolute Gasteiger partial charge is 0.397 e. The predicted octanol–water partition coefficient (Wildman–Crippen LogP) is 4.15. The molecule has 0 spiro atoms. The Labute approximate surface area is 150 Å². The zero-order valence-electron chi connectivity index (χ0n) is 13.2. The summed E-state index contributed by atoms with van der Waals surface area (Å²) in [7, 11) is -0.734. The summed E-state index contributed by atoms with van der Waals surface area (Å²) < 4.78 is 21.3. The van der Waals surface area contributed by atoms with Crippen molar-refractivity contribution in [1.29, 1.82) is 4.78 Å². The van der Waals surface area contributed by atoms with Crippen LogP contribution in [0.25, 0.3) is 11.1 Å². The van der Waals surface area contributed by atoms with E-state index in [-0.39, 0.29) is 11.7 Å². The maximum atomic E-state index is 13.1. The van der Waals surface area contributed by atoms with Gasteiger partial charge in [0.2, 0.25) is 0 Å². The number of rotatable bonds is 4. The number of thiazole rings is 1. The van der Waals surface area contributed by atoms with Crippen LogP contribution in [0.1, 0.15) is 9.67 Å². The van der Waals surface area contributed by atoms with Gasteiger partial charge < -0.3 is 11.1 Å². The van der Waals surface area contributed by atoms with Crippen molar-refractivity contribution in [3.63, 3.8) is 0 Å². The number of nitrogens with two attached hydrogens (primary N) is 1. The summed E-state index contributed by atoms with van der Waals surface area (Å²) in [5.41, 5.74) is 8.50. The fourth-order valence-corrected chi connectivity index (χ4v) is 3.70. The van der Waals surface area contributed by atoms with Gasteiger partial charge >= 0.3 is 0 Å². The molecule has 0 aliphatic rings. The third-order valence-corrected chi connectivity index (χ3v) is 5.87. The van der Waals surface area contributed by atoms with E-state index in [1.165, 1.54) is 29.7 Å². The summed E-state index contributed by atoms with van der Waals surface area (Å²) in [5, 5.41) is 2.77. The zero-order chi connectivity index (χ0) is 18.0. The topological polar surface area (TPSA) is 91.9 Å². The lowest BCUT2D eigenvalue weighted by atomic mass is 10.0. The van der Waals surface area contributed by atoms with E-state index < -0.39 is 10.7 Å². The molecule has 3 aromatic rings. The molecular weight excluding hydrogens is 359 g/mol. The van der Waals surface area contributed by atoms with Crippen molar-refractivity contribution in [3.8, 4) is 11.1 Å². The van der Waals surface area contributed by atoms with Gasteiger partial charge in [-0.3, -0.25) is 9.57 Å². The molecule has 0 radical (unpaired) electrons. The Morgan fingerprint density at radius 2 is 1.92 bits per heavy atom. The molecule has 0 fully saturated rings. The number of hydrogen-bond acceptors (Lipinski definition) is 5. The van der Waals surface area contributed by atoms with Gasteiger partial charge in [-0.15, -0.1) is 11.3 Å². The molecule has 1 unspecified atom stereocenters. The molecule has 25 heavy (non-hydrogen) atoms. The molecule has 3 rings (SSSR count). The molecule has 128 valence electrons. The van der Waals surface area contributed by atoms with Crippen LogP contribution < -0.4 is 11.1 Å². The van der Waals surface area contributed by atoms with E-state index in [2.05, 4.69) is 10.3 Å². The van der Waals surface area contributed by atoms with Crippen LogP contribution in [-0.2, 0) is 10.7 Å². The molecule has 1 heterocycles. The maximum absolute atomic E-state index is 13.1. The highest BCUT2D eigenvalue weighted by atomic mass is 32.2. The van der Waals surface area contributed by atoms with Crippen molar-refractivity contribution in [2.45, 2.75) is 4.34 Å². The van der Waals surface area contributed by atoms with Crippen molar-refractivity contribution in [2.24, 2.45) is 0 Å². The fraction of sp³-hybridized carbons (Fsp3) is 0.0588. The molecule has 8 heteroatoms. The van der Waals surface area contributed by atoms with Crippen LogP contribution in [0, 0.1) is 10.6 Å². The summed E-state index contributed by atoms with van der Waals surface area (Å²) in [6, 6.07) is 11.3. The summed E-state index contributed by atoms with van der Waals surface area (Å²) in [5.74, 6) is -0.629. The third kappa shape index (κ3) is 3.92. The second-order valence-corrected chi connectivity index (χ2v) is 7.96. The second-order valence-electron chi connectivity index (χ2n) is 5.26. The summed E-state index contributed by atoms with van der Waals surface area (Å²) in [6.07, 6.45) is 3.19. The summed E-state index contributed by atoms with van der Waals surface area (Å²) in [4.78, 5) is 16.9. The van der Waals surface area contributed by atoms with E-state index in [9.17, 15) is 9.18 Å². The maximum Gasteiger partial charge on any atom is 0.267 e. The predicted molar refractivity (Wildman–Crippen MR) is 101 cm³/mol. The van der Waals surface area contributed by atoms with Crippen LogP contribution in [0.3, 0.4) is 0 Å². The zero-order valence-corrected chi connectivity index (χ0v) is 14.9. The molecule has 1 atom stereocenters. The van der Waals surface area contributed by atoms with E-state index in [0.717, 1.165) is 11.1 Å². The Kier molecular flexibility index (Phi) is 4.91. The number of aromatic nitrogens is 1. The smallest absolute Gasteiger partial charge is 0.267 e. The Bertz CT molecular complexity index is 954. The average molecular weight is 374 g/mol. The molecule has 1 aromatic heterocycles. The highest BCUT2D eigenvalue weighted by Gasteiger charge is 2.13. The van der Waals surface area contributed by atoms with Crippen LogP contribution in [0.5, 0.6) is 0 Å². The Hall–Kier alpha value is -2.58. The lowest BCUT2D eigenvalue weighted by Crippen LogP contribution is -2.11. The molecule has 2 aromatic carbocycles. The normalized spacial score (nSPS) is 11.9. The van der Waals surface area contributed by atoms with E-state index in [4.69, 9.17) is 10.5 Å².